The van der Waals surface area contributed by atoms with E-state index in [0.717, 1.165) is 11.3 Å². The van der Waals surface area contributed by atoms with Crippen molar-refractivity contribution in [2.75, 3.05) is 13.7 Å². The number of hydrogen-bond acceptors (Lipinski definition) is 4. The van der Waals surface area contributed by atoms with Crippen molar-refractivity contribution in [3.8, 4) is 5.75 Å². The number of amides is 1. The third kappa shape index (κ3) is 3.62. The Hall–Kier alpha value is -1.30. The van der Waals surface area contributed by atoms with Gasteiger partial charge in [0.05, 0.1) is 13.2 Å². The van der Waals surface area contributed by atoms with Gasteiger partial charge < -0.3 is 20.5 Å². The van der Waals surface area contributed by atoms with E-state index in [1.807, 2.05) is 45.0 Å². The molecule has 1 aromatic rings. The number of rotatable bonds is 6. The molecule has 1 amide bonds. The third-order valence-corrected chi connectivity index (χ3v) is 4.82. The maximum absolute atomic E-state index is 12.5. The quantitative estimate of drug-likeness (QED) is 0.831. The lowest BCUT2D eigenvalue weighted by Crippen LogP contribution is -2.75. The highest BCUT2D eigenvalue weighted by Crippen LogP contribution is 2.49. The fourth-order valence-corrected chi connectivity index (χ4v) is 2.94. The maximum atomic E-state index is 12.5. The fraction of sp³-hybridized carbons (Fsp3) is 0.588. The van der Waals surface area contributed by atoms with E-state index in [4.69, 9.17) is 15.2 Å². The van der Waals surface area contributed by atoms with Gasteiger partial charge in [-0.3, -0.25) is 4.79 Å². The Labute approximate surface area is 144 Å². The van der Waals surface area contributed by atoms with Crippen molar-refractivity contribution in [2.24, 2.45) is 11.1 Å². The molecule has 2 atom stereocenters. The summed E-state index contributed by atoms with van der Waals surface area (Å²) in [5.74, 6) is 0.644. The van der Waals surface area contributed by atoms with Crippen LogP contribution in [0.2, 0.25) is 0 Å². The van der Waals surface area contributed by atoms with Crippen LogP contribution < -0.4 is 15.8 Å². The average molecular weight is 343 g/mol. The van der Waals surface area contributed by atoms with Gasteiger partial charge in [-0.15, -0.1) is 12.4 Å². The third-order valence-electron chi connectivity index (χ3n) is 4.82. The van der Waals surface area contributed by atoms with Crippen molar-refractivity contribution in [1.29, 1.82) is 0 Å². The maximum Gasteiger partial charge on any atom is 0.241 e. The number of carbonyl (C=O) groups excluding carboxylic acids is 1. The molecule has 0 heterocycles. The Morgan fingerprint density at radius 2 is 2.13 bits per heavy atom. The molecule has 1 aromatic carbocycles. The van der Waals surface area contributed by atoms with Gasteiger partial charge in [-0.1, -0.05) is 26.0 Å². The molecule has 1 aliphatic rings. The van der Waals surface area contributed by atoms with E-state index in [0.29, 0.717) is 19.6 Å². The van der Waals surface area contributed by atoms with Crippen LogP contribution in [-0.4, -0.2) is 31.3 Å². The van der Waals surface area contributed by atoms with Gasteiger partial charge in [0.15, 0.2) is 0 Å². The van der Waals surface area contributed by atoms with Gasteiger partial charge in [-0.2, -0.15) is 0 Å². The van der Waals surface area contributed by atoms with E-state index in [1.165, 1.54) is 0 Å². The van der Waals surface area contributed by atoms with E-state index in [2.05, 4.69) is 5.32 Å². The second kappa shape index (κ2) is 7.51. The molecular formula is C17H27ClN2O3. The Balaban J connectivity index is 0.00000264. The van der Waals surface area contributed by atoms with Crippen LogP contribution in [0.5, 0.6) is 5.75 Å². The summed E-state index contributed by atoms with van der Waals surface area (Å²) < 4.78 is 10.8. The molecule has 0 saturated heterocycles. The van der Waals surface area contributed by atoms with Gasteiger partial charge in [0.2, 0.25) is 5.91 Å². The van der Waals surface area contributed by atoms with Crippen LogP contribution in [0, 0.1) is 5.41 Å². The summed E-state index contributed by atoms with van der Waals surface area (Å²) in [5, 5.41) is 2.94. The van der Waals surface area contributed by atoms with Crippen LogP contribution >= 0.6 is 12.4 Å². The molecular weight excluding hydrogens is 316 g/mol. The minimum Gasteiger partial charge on any atom is -0.497 e. The molecule has 2 unspecified atom stereocenters. The van der Waals surface area contributed by atoms with Crippen LogP contribution in [-0.2, 0) is 16.1 Å². The van der Waals surface area contributed by atoms with E-state index in [9.17, 15) is 4.79 Å². The average Bonchev–Trinajstić information content (AvgIpc) is 2.52. The molecule has 0 aliphatic heterocycles. The molecule has 3 N–H and O–H groups in total. The zero-order valence-corrected chi connectivity index (χ0v) is 15.0. The van der Waals surface area contributed by atoms with Gasteiger partial charge in [0, 0.05) is 25.0 Å². The van der Waals surface area contributed by atoms with E-state index < -0.39 is 5.54 Å². The summed E-state index contributed by atoms with van der Waals surface area (Å²) in [5.41, 5.74) is 6.07. The first kappa shape index (κ1) is 19.7. The highest BCUT2D eigenvalue weighted by Gasteiger charge is 2.62. The lowest BCUT2D eigenvalue weighted by atomic mass is 9.54. The van der Waals surface area contributed by atoms with Crippen LogP contribution in [0.1, 0.15) is 32.8 Å². The minimum atomic E-state index is -0.883. The van der Waals surface area contributed by atoms with Crippen molar-refractivity contribution in [3.05, 3.63) is 29.8 Å². The van der Waals surface area contributed by atoms with Crippen molar-refractivity contribution in [2.45, 2.75) is 45.4 Å². The van der Waals surface area contributed by atoms with Gasteiger partial charge >= 0.3 is 0 Å². The van der Waals surface area contributed by atoms with Crippen LogP contribution in [0.15, 0.2) is 24.3 Å². The largest absolute Gasteiger partial charge is 0.497 e. The first-order valence-electron chi connectivity index (χ1n) is 7.67. The van der Waals surface area contributed by atoms with Crippen LogP contribution in [0.4, 0.5) is 0 Å². The molecule has 0 radical (unpaired) electrons. The molecule has 130 valence electrons. The zero-order valence-electron chi connectivity index (χ0n) is 14.2. The fourth-order valence-electron chi connectivity index (χ4n) is 2.94. The first-order chi connectivity index (χ1) is 10.3. The van der Waals surface area contributed by atoms with Crippen molar-refractivity contribution >= 4 is 18.3 Å². The summed E-state index contributed by atoms with van der Waals surface area (Å²) in [6, 6.07) is 7.62. The number of methoxy groups -OCH3 is 1. The predicted molar refractivity (Wildman–Crippen MR) is 92.8 cm³/mol. The SMILES string of the molecule is CCOC1CC(N)(C(=O)NCc2cccc(OC)c2)C1(C)C.Cl. The number of ether oxygens (including phenoxy) is 2. The number of hydrogen-bond donors (Lipinski definition) is 2. The zero-order chi connectivity index (χ0) is 16.4. The second-order valence-electron chi connectivity index (χ2n) is 6.38. The molecule has 1 saturated carbocycles. The molecule has 6 heteroatoms. The Morgan fingerprint density at radius 1 is 1.43 bits per heavy atom. The second-order valence-corrected chi connectivity index (χ2v) is 6.38. The number of halogens is 1. The van der Waals surface area contributed by atoms with Gasteiger partial charge in [0.25, 0.3) is 0 Å². The molecule has 0 bridgehead atoms. The highest BCUT2D eigenvalue weighted by molar-refractivity contribution is 5.88. The Morgan fingerprint density at radius 3 is 2.70 bits per heavy atom. The van der Waals surface area contributed by atoms with Gasteiger partial charge in [-0.05, 0) is 24.6 Å². The van der Waals surface area contributed by atoms with Gasteiger partial charge in [-0.25, -0.2) is 0 Å². The Bertz CT molecular complexity index is 550. The number of nitrogens with one attached hydrogen (secondary N) is 1. The number of benzene rings is 1. The van der Waals surface area contributed by atoms with Crippen LogP contribution in [0.3, 0.4) is 0 Å². The minimum absolute atomic E-state index is 0. The molecule has 23 heavy (non-hydrogen) atoms. The summed E-state index contributed by atoms with van der Waals surface area (Å²) in [7, 11) is 1.62. The molecule has 1 fully saturated rings. The predicted octanol–water partition coefficient (Wildman–Crippen LogP) is 2.27. The molecule has 5 nitrogen and oxygen atoms in total. The standard InChI is InChI=1S/C17H26N2O3.ClH/c1-5-22-14-10-17(18,16(14,2)3)15(20)19-11-12-7-6-8-13(9-12)21-4;/h6-9,14H,5,10-11,18H2,1-4H3,(H,19,20);1H. The summed E-state index contributed by atoms with van der Waals surface area (Å²) in [4.78, 5) is 12.5. The van der Waals surface area contributed by atoms with E-state index in [-0.39, 0.29) is 29.8 Å². The summed E-state index contributed by atoms with van der Waals surface area (Å²) in [6.45, 7) is 7.00. The lowest BCUT2D eigenvalue weighted by molar-refractivity contribution is -0.170. The Kier molecular flexibility index (Phi) is 6.45. The molecule has 0 spiro atoms. The molecule has 1 aliphatic carbocycles. The van der Waals surface area contributed by atoms with Crippen molar-refractivity contribution < 1.29 is 14.3 Å². The number of nitrogens with two attached hydrogens (primary N) is 1. The first-order valence-corrected chi connectivity index (χ1v) is 7.67. The van der Waals surface area contributed by atoms with Crippen LogP contribution in [0.25, 0.3) is 0 Å². The van der Waals surface area contributed by atoms with Crippen molar-refractivity contribution in [1.82, 2.24) is 5.32 Å². The normalized spacial score (nSPS) is 25.0. The van der Waals surface area contributed by atoms with E-state index >= 15 is 0 Å². The number of carbonyl (C=O) groups is 1. The van der Waals surface area contributed by atoms with Gasteiger partial charge in [0.1, 0.15) is 11.3 Å². The molecule has 2 rings (SSSR count). The van der Waals surface area contributed by atoms with Crippen molar-refractivity contribution in [3.63, 3.8) is 0 Å². The van der Waals surface area contributed by atoms with E-state index in [1.54, 1.807) is 7.11 Å². The topological polar surface area (TPSA) is 73.6 Å². The summed E-state index contributed by atoms with van der Waals surface area (Å²) >= 11 is 0. The smallest absolute Gasteiger partial charge is 0.241 e. The highest BCUT2D eigenvalue weighted by atomic mass is 35.5. The molecule has 0 aromatic heterocycles. The lowest BCUT2D eigenvalue weighted by Gasteiger charge is -2.57. The monoisotopic (exact) mass is 342 g/mol. The summed E-state index contributed by atoms with van der Waals surface area (Å²) in [6.07, 6.45) is 0.586.